The van der Waals surface area contributed by atoms with Crippen molar-refractivity contribution < 1.29 is 4.74 Å². The Kier molecular flexibility index (Phi) is 6.27. The number of benzene rings is 1. The van der Waals surface area contributed by atoms with Crippen molar-refractivity contribution in [2.45, 2.75) is 19.9 Å². The van der Waals surface area contributed by atoms with Crippen LogP contribution >= 0.6 is 11.6 Å². The average Bonchev–Trinajstić information content (AvgIpc) is 2.31. The maximum absolute atomic E-state index is 5.78. The highest BCUT2D eigenvalue weighted by Crippen LogP contribution is 2.13. The van der Waals surface area contributed by atoms with Crippen LogP contribution in [0.25, 0.3) is 0 Å². The van der Waals surface area contributed by atoms with E-state index in [-0.39, 0.29) is 0 Å². The molecule has 0 amide bonds. The maximum atomic E-state index is 5.78. The molecule has 2 nitrogen and oxygen atoms in total. The minimum absolute atomic E-state index is 0.691. The second kappa shape index (κ2) is 7.53. The highest BCUT2D eigenvalue weighted by Gasteiger charge is 2.04. The summed E-state index contributed by atoms with van der Waals surface area (Å²) in [5.74, 6) is 1.60. The number of halogens is 1. The van der Waals surface area contributed by atoms with Crippen molar-refractivity contribution in [2.24, 2.45) is 0 Å². The van der Waals surface area contributed by atoms with E-state index in [1.54, 1.807) is 7.11 Å². The molecule has 0 atom stereocenters. The van der Waals surface area contributed by atoms with Crippen LogP contribution < -0.4 is 4.74 Å². The fourth-order valence-electron chi connectivity index (χ4n) is 1.69. The van der Waals surface area contributed by atoms with Gasteiger partial charge in [-0.1, -0.05) is 19.1 Å². The van der Waals surface area contributed by atoms with Gasteiger partial charge in [-0.05, 0) is 30.7 Å². The standard InChI is InChI=1S/C13H20ClNO/c1-3-9-15(10-8-14)11-12-4-6-13(16-2)7-5-12/h4-7H,3,8-11H2,1-2H3. The largest absolute Gasteiger partial charge is 0.497 e. The molecule has 0 fully saturated rings. The van der Waals surface area contributed by atoms with Gasteiger partial charge in [0.1, 0.15) is 5.75 Å². The zero-order valence-electron chi connectivity index (χ0n) is 10.1. The number of alkyl halides is 1. The normalized spacial score (nSPS) is 10.8. The van der Waals surface area contributed by atoms with Gasteiger partial charge in [-0.2, -0.15) is 0 Å². The van der Waals surface area contributed by atoms with Crippen molar-refractivity contribution in [1.29, 1.82) is 0 Å². The lowest BCUT2D eigenvalue weighted by Gasteiger charge is -2.20. The number of hydrogen-bond acceptors (Lipinski definition) is 2. The molecule has 1 aromatic rings. The second-order valence-corrected chi connectivity index (χ2v) is 4.19. The minimum Gasteiger partial charge on any atom is -0.497 e. The van der Waals surface area contributed by atoms with E-state index in [9.17, 15) is 0 Å². The molecular formula is C13H20ClNO. The quantitative estimate of drug-likeness (QED) is 0.680. The Bertz CT molecular complexity index is 280. The molecule has 1 rings (SSSR count). The molecule has 0 unspecified atom stereocenters. The van der Waals surface area contributed by atoms with Crippen molar-refractivity contribution in [2.75, 3.05) is 26.1 Å². The lowest BCUT2D eigenvalue weighted by Crippen LogP contribution is -2.26. The highest BCUT2D eigenvalue weighted by atomic mass is 35.5. The van der Waals surface area contributed by atoms with E-state index < -0.39 is 0 Å². The van der Waals surface area contributed by atoms with Crippen molar-refractivity contribution >= 4 is 11.6 Å². The van der Waals surface area contributed by atoms with Crippen molar-refractivity contribution in [1.82, 2.24) is 4.90 Å². The van der Waals surface area contributed by atoms with E-state index in [1.165, 1.54) is 5.56 Å². The first kappa shape index (κ1) is 13.3. The number of nitrogens with zero attached hydrogens (tertiary/aromatic N) is 1. The third-order valence-corrected chi connectivity index (χ3v) is 2.67. The van der Waals surface area contributed by atoms with Crippen LogP contribution in [0.2, 0.25) is 0 Å². The summed E-state index contributed by atoms with van der Waals surface area (Å²) in [4.78, 5) is 2.37. The molecule has 0 radical (unpaired) electrons. The van der Waals surface area contributed by atoms with Gasteiger partial charge in [0.25, 0.3) is 0 Å². The topological polar surface area (TPSA) is 12.5 Å². The molecule has 16 heavy (non-hydrogen) atoms. The first-order chi connectivity index (χ1) is 7.80. The summed E-state index contributed by atoms with van der Waals surface area (Å²) in [5, 5.41) is 0. The van der Waals surface area contributed by atoms with Crippen LogP contribution in [0, 0.1) is 0 Å². The molecule has 1 aromatic carbocycles. The SMILES string of the molecule is CCCN(CCCl)Cc1ccc(OC)cc1. The second-order valence-electron chi connectivity index (χ2n) is 3.81. The van der Waals surface area contributed by atoms with E-state index >= 15 is 0 Å². The lowest BCUT2D eigenvalue weighted by atomic mass is 10.2. The third-order valence-electron chi connectivity index (χ3n) is 2.51. The molecule has 0 heterocycles. The molecule has 0 bridgehead atoms. The van der Waals surface area contributed by atoms with Gasteiger partial charge in [0.05, 0.1) is 7.11 Å². The minimum atomic E-state index is 0.691. The smallest absolute Gasteiger partial charge is 0.118 e. The third kappa shape index (κ3) is 4.42. The zero-order valence-corrected chi connectivity index (χ0v) is 10.8. The van der Waals surface area contributed by atoms with Gasteiger partial charge in [-0.25, -0.2) is 0 Å². The molecule has 0 N–H and O–H groups in total. The van der Waals surface area contributed by atoms with E-state index in [1.807, 2.05) is 12.1 Å². The number of hydrogen-bond donors (Lipinski definition) is 0. The molecule has 0 spiro atoms. The van der Waals surface area contributed by atoms with Gasteiger partial charge in [-0.3, -0.25) is 4.90 Å². The van der Waals surface area contributed by atoms with E-state index in [0.29, 0.717) is 5.88 Å². The molecule has 0 aliphatic heterocycles. The molecule has 0 saturated heterocycles. The number of ether oxygens (including phenoxy) is 1. The van der Waals surface area contributed by atoms with Gasteiger partial charge in [0.15, 0.2) is 0 Å². The Morgan fingerprint density at radius 2 is 1.88 bits per heavy atom. The first-order valence-electron chi connectivity index (χ1n) is 5.71. The summed E-state index contributed by atoms with van der Waals surface area (Å²) in [6.07, 6.45) is 1.16. The summed E-state index contributed by atoms with van der Waals surface area (Å²) in [6, 6.07) is 8.21. The number of methoxy groups -OCH3 is 1. The van der Waals surface area contributed by atoms with Crippen molar-refractivity contribution in [3.05, 3.63) is 29.8 Å². The van der Waals surface area contributed by atoms with Gasteiger partial charge in [0.2, 0.25) is 0 Å². The van der Waals surface area contributed by atoms with Crippen LogP contribution in [0.4, 0.5) is 0 Å². The van der Waals surface area contributed by atoms with Gasteiger partial charge < -0.3 is 4.74 Å². The van der Waals surface area contributed by atoms with E-state index in [4.69, 9.17) is 16.3 Å². The summed E-state index contributed by atoms with van der Waals surface area (Å²) in [7, 11) is 1.69. The molecule has 3 heteroatoms. The average molecular weight is 242 g/mol. The zero-order chi connectivity index (χ0) is 11.8. The summed E-state index contributed by atoms with van der Waals surface area (Å²) < 4.78 is 5.13. The Hall–Kier alpha value is -0.730. The summed E-state index contributed by atoms with van der Waals surface area (Å²) in [5.41, 5.74) is 1.30. The van der Waals surface area contributed by atoms with Crippen molar-refractivity contribution in [3.63, 3.8) is 0 Å². The molecule has 0 aliphatic carbocycles. The molecule has 0 aromatic heterocycles. The Labute approximate surface area is 103 Å². The monoisotopic (exact) mass is 241 g/mol. The summed E-state index contributed by atoms with van der Waals surface area (Å²) in [6.45, 7) is 5.19. The molecule has 0 aliphatic rings. The Morgan fingerprint density at radius 1 is 1.19 bits per heavy atom. The van der Waals surface area contributed by atoms with Crippen LogP contribution in [-0.4, -0.2) is 31.0 Å². The van der Waals surface area contributed by atoms with E-state index in [0.717, 1.165) is 31.8 Å². The lowest BCUT2D eigenvalue weighted by molar-refractivity contribution is 0.282. The predicted octanol–water partition coefficient (Wildman–Crippen LogP) is 3.15. The van der Waals surface area contributed by atoms with Crippen LogP contribution in [0.1, 0.15) is 18.9 Å². The van der Waals surface area contributed by atoms with Crippen molar-refractivity contribution in [3.8, 4) is 5.75 Å². The molecular weight excluding hydrogens is 222 g/mol. The van der Waals surface area contributed by atoms with Crippen LogP contribution in [0.5, 0.6) is 5.75 Å². The number of rotatable bonds is 7. The fraction of sp³-hybridized carbons (Fsp3) is 0.538. The van der Waals surface area contributed by atoms with Gasteiger partial charge >= 0.3 is 0 Å². The first-order valence-corrected chi connectivity index (χ1v) is 6.24. The van der Waals surface area contributed by atoms with E-state index in [2.05, 4.69) is 24.0 Å². The maximum Gasteiger partial charge on any atom is 0.118 e. The van der Waals surface area contributed by atoms with Crippen LogP contribution in [0.15, 0.2) is 24.3 Å². The molecule has 90 valence electrons. The Balaban J connectivity index is 2.54. The summed E-state index contributed by atoms with van der Waals surface area (Å²) >= 11 is 5.78. The Morgan fingerprint density at radius 3 is 2.38 bits per heavy atom. The van der Waals surface area contributed by atoms with Crippen LogP contribution in [0.3, 0.4) is 0 Å². The highest BCUT2D eigenvalue weighted by molar-refractivity contribution is 6.18. The van der Waals surface area contributed by atoms with Crippen LogP contribution in [-0.2, 0) is 6.54 Å². The van der Waals surface area contributed by atoms with Gasteiger partial charge in [-0.15, -0.1) is 11.6 Å². The van der Waals surface area contributed by atoms with Gasteiger partial charge in [0, 0.05) is 19.0 Å². The predicted molar refractivity (Wildman–Crippen MR) is 69.3 cm³/mol. The fourth-order valence-corrected chi connectivity index (χ4v) is 1.93. The molecule has 0 saturated carbocycles.